The molecular weight excluding hydrogens is 208 g/mol. The highest BCUT2D eigenvalue weighted by molar-refractivity contribution is 5.21. The van der Waals surface area contributed by atoms with Crippen LogP contribution < -0.4 is 10.9 Å². The lowest BCUT2D eigenvalue weighted by molar-refractivity contribution is 0.517. The van der Waals surface area contributed by atoms with Crippen LogP contribution in [0.5, 0.6) is 0 Å². The Bertz CT molecular complexity index is 504. The van der Waals surface area contributed by atoms with Crippen molar-refractivity contribution in [1.82, 2.24) is 15.2 Å². The first-order valence-electron chi connectivity index (χ1n) is 5.01. The highest BCUT2D eigenvalue weighted by atomic mass is 16.3. The monoisotopic (exact) mass is 220 g/mol. The van der Waals surface area contributed by atoms with Gasteiger partial charge in [0, 0.05) is 6.54 Å². The molecule has 0 bridgehead atoms. The predicted octanol–water partition coefficient (Wildman–Crippen LogP) is 0.780. The standard InChI is InChI=1S/C10H12N4O2/c1-2-11-10-12-9(15)8(13-14-10)6-7-4-3-5-16-7/h3-5H,2,6H2,1H3,(H2,11,12,14,15). The van der Waals surface area contributed by atoms with E-state index in [1.54, 1.807) is 18.4 Å². The van der Waals surface area contributed by atoms with E-state index in [-0.39, 0.29) is 5.56 Å². The fourth-order valence-corrected chi connectivity index (χ4v) is 1.30. The molecule has 0 atom stereocenters. The number of aromatic nitrogens is 3. The zero-order valence-electron chi connectivity index (χ0n) is 8.86. The number of furan rings is 1. The summed E-state index contributed by atoms with van der Waals surface area (Å²) in [5, 5.41) is 10.6. The molecule has 2 N–H and O–H groups in total. The lowest BCUT2D eigenvalue weighted by Crippen LogP contribution is -2.19. The van der Waals surface area contributed by atoms with Crippen molar-refractivity contribution >= 4 is 5.95 Å². The minimum Gasteiger partial charge on any atom is -0.469 e. The van der Waals surface area contributed by atoms with E-state index in [1.165, 1.54) is 0 Å². The van der Waals surface area contributed by atoms with Gasteiger partial charge in [0.25, 0.3) is 5.56 Å². The normalized spacial score (nSPS) is 10.3. The number of aromatic amines is 1. The Morgan fingerprint density at radius 1 is 1.50 bits per heavy atom. The Hall–Kier alpha value is -2.11. The van der Waals surface area contributed by atoms with Crippen LogP contribution in [-0.4, -0.2) is 21.7 Å². The highest BCUT2D eigenvalue weighted by Crippen LogP contribution is 2.04. The van der Waals surface area contributed by atoms with E-state index < -0.39 is 0 Å². The average Bonchev–Trinajstić information content (AvgIpc) is 2.75. The van der Waals surface area contributed by atoms with Crippen LogP contribution >= 0.6 is 0 Å². The van der Waals surface area contributed by atoms with Gasteiger partial charge in [-0.15, -0.1) is 10.2 Å². The van der Waals surface area contributed by atoms with Crippen LogP contribution in [0.15, 0.2) is 27.6 Å². The third-order valence-electron chi connectivity index (χ3n) is 2.03. The van der Waals surface area contributed by atoms with Crippen LogP contribution in [0.2, 0.25) is 0 Å². The second-order valence-electron chi connectivity index (χ2n) is 3.24. The summed E-state index contributed by atoms with van der Waals surface area (Å²) in [5.74, 6) is 1.08. The molecule has 0 aliphatic carbocycles. The highest BCUT2D eigenvalue weighted by Gasteiger charge is 2.06. The fourth-order valence-electron chi connectivity index (χ4n) is 1.30. The Kier molecular flexibility index (Phi) is 3.00. The molecule has 6 nitrogen and oxygen atoms in total. The van der Waals surface area contributed by atoms with Crippen molar-refractivity contribution in [2.45, 2.75) is 13.3 Å². The van der Waals surface area contributed by atoms with Crippen molar-refractivity contribution < 1.29 is 4.42 Å². The molecule has 0 spiro atoms. The van der Waals surface area contributed by atoms with Gasteiger partial charge in [0.1, 0.15) is 11.5 Å². The van der Waals surface area contributed by atoms with Gasteiger partial charge in [-0.05, 0) is 19.1 Å². The van der Waals surface area contributed by atoms with Gasteiger partial charge in [-0.25, -0.2) is 0 Å². The number of nitrogens with zero attached hydrogens (tertiary/aromatic N) is 2. The number of hydrogen-bond acceptors (Lipinski definition) is 5. The third kappa shape index (κ3) is 2.28. The molecule has 0 radical (unpaired) electrons. The molecule has 84 valence electrons. The van der Waals surface area contributed by atoms with Gasteiger partial charge in [-0.3, -0.25) is 9.78 Å². The molecule has 0 saturated heterocycles. The van der Waals surface area contributed by atoms with Crippen LogP contribution in [0.1, 0.15) is 18.4 Å². The summed E-state index contributed by atoms with van der Waals surface area (Å²) >= 11 is 0. The van der Waals surface area contributed by atoms with Gasteiger partial charge >= 0.3 is 0 Å². The molecule has 2 heterocycles. The van der Waals surface area contributed by atoms with Crippen LogP contribution in [0.4, 0.5) is 5.95 Å². The van der Waals surface area contributed by atoms with Gasteiger partial charge in [0.2, 0.25) is 5.95 Å². The van der Waals surface area contributed by atoms with Crippen molar-refractivity contribution in [2.75, 3.05) is 11.9 Å². The van der Waals surface area contributed by atoms with Gasteiger partial charge in [0.05, 0.1) is 12.7 Å². The fraction of sp³-hybridized carbons (Fsp3) is 0.300. The molecule has 16 heavy (non-hydrogen) atoms. The van der Waals surface area contributed by atoms with E-state index in [0.29, 0.717) is 30.4 Å². The molecule has 6 heteroatoms. The molecule has 0 fully saturated rings. The minimum atomic E-state index is -0.248. The zero-order chi connectivity index (χ0) is 11.4. The van der Waals surface area contributed by atoms with E-state index in [4.69, 9.17) is 4.42 Å². The molecule has 0 aliphatic rings. The summed E-state index contributed by atoms with van der Waals surface area (Å²) in [6, 6.07) is 3.56. The maximum absolute atomic E-state index is 11.6. The smallest absolute Gasteiger partial charge is 0.274 e. The predicted molar refractivity (Wildman–Crippen MR) is 58.3 cm³/mol. The van der Waals surface area contributed by atoms with Crippen LogP contribution in [0, 0.1) is 0 Å². The lowest BCUT2D eigenvalue weighted by Gasteiger charge is -2.01. The van der Waals surface area contributed by atoms with E-state index in [1.807, 2.05) is 6.92 Å². The van der Waals surface area contributed by atoms with Crippen molar-refractivity contribution in [1.29, 1.82) is 0 Å². The number of anilines is 1. The Morgan fingerprint density at radius 3 is 3.00 bits per heavy atom. The second kappa shape index (κ2) is 4.61. The first-order chi connectivity index (χ1) is 7.79. The van der Waals surface area contributed by atoms with Gasteiger partial charge in [0.15, 0.2) is 0 Å². The summed E-state index contributed by atoms with van der Waals surface area (Å²) < 4.78 is 5.13. The van der Waals surface area contributed by atoms with E-state index in [2.05, 4.69) is 20.5 Å². The number of H-pyrrole nitrogens is 1. The first-order valence-corrected chi connectivity index (χ1v) is 5.01. The van der Waals surface area contributed by atoms with Gasteiger partial charge in [-0.2, -0.15) is 0 Å². The molecule has 0 saturated carbocycles. The number of hydrogen-bond donors (Lipinski definition) is 2. The van der Waals surface area contributed by atoms with Crippen LogP contribution in [-0.2, 0) is 6.42 Å². The molecule has 0 aliphatic heterocycles. The third-order valence-corrected chi connectivity index (χ3v) is 2.03. The molecule has 2 aromatic heterocycles. The summed E-state index contributed by atoms with van der Waals surface area (Å²) in [5.41, 5.74) is 0.0963. The van der Waals surface area contributed by atoms with Gasteiger partial charge in [-0.1, -0.05) is 0 Å². The van der Waals surface area contributed by atoms with Crippen LogP contribution in [0.3, 0.4) is 0 Å². The molecule has 0 aromatic carbocycles. The molecular formula is C10H12N4O2. The second-order valence-corrected chi connectivity index (χ2v) is 3.24. The van der Waals surface area contributed by atoms with E-state index in [0.717, 1.165) is 0 Å². The summed E-state index contributed by atoms with van der Waals surface area (Å²) in [6.45, 7) is 2.60. The van der Waals surface area contributed by atoms with Crippen LogP contribution in [0.25, 0.3) is 0 Å². The summed E-state index contributed by atoms with van der Waals surface area (Å²) in [4.78, 5) is 14.2. The van der Waals surface area contributed by atoms with Crippen molar-refractivity contribution in [3.8, 4) is 0 Å². The topological polar surface area (TPSA) is 83.8 Å². The Morgan fingerprint density at radius 2 is 2.38 bits per heavy atom. The molecule has 0 amide bonds. The quantitative estimate of drug-likeness (QED) is 0.795. The minimum absolute atomic E-state index is 0.248. The van der Waals surface area contributed by atoms with Crippen molar-refractivity contribution in [2.24, 2.45) is 0 Å². The van der Waals surface area contributed by atoms with Crippen molar-refractivity contribution in [3.05, 3.63) is 40.2 Å². The zero-order valence-corrected chi connectivity index (χ0v) is 8.86. The number of nitrogens with one attached hydrogen (secondary N) is 2. The lowest BCUT2D eigenvalue weighted by atomic mass is 10.2. The van der Waals surface area contributed by atoms with E-state index >= 15 is 0 Å². The number of rotatable bonds is 4. The Labute approximate surface area is 91.7 Å². The van der Waals surface area contributed by atoms with E-state index in [9.17, 15) is 4.79 Å². The summed E-state index contributed by atoms with van der Waals surface area (Å²) in [6.07, 6.45) is 1.91. The maximum atomic E-state index is 11.6. The Balaban J connectivity index is 2.20. The van der Waals surface area contributed by atoms with Crippen molar-refractivity contribution in [3.63, 3.8) is 0 Å². The molecule has 2 aromatic rings. The van der Waals surface area contributed by atoms with Gasteiger partial charge < -0.3 is 9.73 Å². The molecule has 2 rings (SSSR count). The molecule has 0 unspecified atom stereocenters. The summed E-state index contributed by atoms with van der Waals surface area (Å²) in [7, 11) is 0. The largest absolute Gasteiger partial charge is 0.469 e. The SMILES string of the molecule is CCNc1nnc(Cc2ccco2)c(=O)[nH]1. The maximum Gasteiger partial charge on any atom is 0.274 e. The first kappa shape index (κ1) is 10.4. The average molecular weight is 220 g/mol.